The molecule has 3 radical (unpaired) electrons. The number of thiazole rings is 3. The smallest absolute Gasteiger partial charge is 1.00 e. The van der Waals surface area contributed by atoms with E-state index in [1.54, 1.807) is 25.2 Å². The van der Waals surface area contributed by atoms with E-state index in [2.05, 4.69) is 96.9 Å². The van der Waals surface area contributed by atoms with Crippen LogP contribution in [-0.2, 0) is 62.5 Å². The maximum atomic E-state index is 12.4. The number of Topliss-reactive ketones (excluding diaryl/α,β-unsaturated/α-hetero) is 1. The zero-order chi connectivity index (χ0) is 71.7. The topological polar surface area (TPSA) is 282 Å². The standard InChI is InChI=1S/C18H23NO2S2.C14H17NO2S2.C13H15NO3S2.C8H14O2.C7H12O3.C7H14O.C6H8O3.Al.Li.H/c1-18(21-16-8-4-5-9-20-16)10-13(11-18)12-22-17-19-14-6-2-3-7-15(14)23-17;1-14(2)7-10(8-14)9-19(16,17)13-15-11-5-3-4-6-12(11)18-13;1-13(15)6-9(7-13)8-19(16,17)12-14-10-4-2-3-5-11(10)18-12;1-8(2)4-6(5-8)7(9)10-3;1-7(9)3-5(4-7)6(8)10-2;1-7(2)3-6(4-7)5-8;1-9-6(8)4-2-5(7)3-4;;;/h2-3,6-7,13,16H,4-5,8-12H2,1H3;3-6,10H,7-9H2,1-2H3;2-5,9,15H,6-8H2,1H3;6H,4-5H2,1-3H3;5,9H,3-4H2,1-2H3;6,8H,3-5H2,1-2H3;4H,2-3H2,1H3;;;/q;;;;;;;;+1;-1. The van der Waals surface area contributed by atoms with E-state index in [0.29, 0.717) is 73.2 Å². The quantitative estimate of drug-likeness (QED) is 0.0373. The fourth-order valence-corrected chi connectivity index (χ4v) is 22.7. The molecule has 14 rings (SSSR count). The molecule has 6 aromatic rings. The fourth-order valence-electron chi connectivity index (χ4n) is 14.7. The zero-order valence-corrected chi connectivity index (χ0v) is 66.7. The van der Waals surface area contributed by atoms with E-state index in [9.17, 15) is 46.2 Å². The number of para-hydroxylation sites is 3. The van der Waals surface area contributed by atoms with Crippen LogP contribution in [0.15, 0.2) is 85.8 Å². The average molecular weight is 1510 g/mol. The number of benzene rings is 3. The third-order valence-corrected chi connectivity index (χ3v) is 28.5. The molecule has 547 valence electrons. The normalized spacial score (nSPS) is 26.2. The van der Waals surface area contributed by atoms with Crippen molar-refractivity contribution in [3.8, 4) is 0 Å². The number of fused-ring (bicyclic) bond motifs is 3. The van der Waals surface area contributed by atoms with Gasteiger partial charge in [0.05, 0.1) is 98.0 Å². The van der Waals surface area contributed by atoms with Crippen LogP contribution in [0.25, 0.3) is 30.6 Å². The second kappa shape index (κ2) is 36.3. The molecule has 0 spiro atoms. The third-order valence-electron chi connectivity index (χ3n) is 19.3. The van der Waals surface area contributed by atoms with E-state index in [0.717, 1.165) is 89.2 Å². The predicted octanol–water partition coefficient (Wildman–Crippen LogP) is 11.0. The molecule has 1 unspecified atom stereocenters. The van der Waals surface area contributed by atoms with Crippen LogP contribution in [0.5, 0.6) is 0 Å². The van der Waals surface area contributed by atoms with Crippen molar-refractivity contribution in [2.75, 3.05) is 51.8 Å². The van der Waals surface area contributed by atoms with Gasteiger partial charge < -0.3 is 40.4 Å². The second-order valence-electron chi connectivity index (χ2n) is 31.3. The van der Waals surface area contributed by atoms with Crippen LogP contribution in [0.3, 0.4) is 0 Å². The molecule has 3 aromatic heterocycles. The number of thioether (sulfide) groups is 1. The number of ether oxygens (including phenoxy) is 5. The third kappa shape index (κ3) is 25.1. The van der Waals surface area contributed by atoms with Crippen molar-refractivity contribution in [1.82, 2.24) is 15.0 Å². The molecular weight excluding hydrogens is 1400 g/mol. The van der Waals surface area contributed by atoms with Gasteiger partial charge in [0.1, 0.15) is 5.78 Å². The van der Waals surface area contributed by atoms with Gasteiger partial charge in [0.15, 0.2) is 10.6 Å². The Morgan fingerprint density at radius 1 is 0.550 bits per heavy atom. The first-order chi connectivity index (χ1) is 45.9. The monoisotopic (exact) mass is 1500 g/mol. The number of hydrogen-bond acceptors (Lipinski definition) is 23. The fraction of sp³-hybridized carbons (Fsp3) is 0.658. The van der Waals surface area contributed by atoms with Gasteiger partial charge in [0.25, 0.3) is 0 Å². The number of carbonyl (C=O) groups is 4. The first-order valence-corrected chi connectivity index (χ1v) is 40.9. The molecule has 19 nitrogen and oxygen atoms in total. The van der Waals surface area contributed by atoms with Gasteiger partial charge in [-0.25, -0.2) is 31.8 Å². The number of hydrogen-bond donors (Lipinski definition) is 3. The molecule has 8 aliphatic rings. The van der Waals surface area contributed by atoms with E-state index >= 15 is 0 Å². The van der Waals surface area contributed by atoms with E-state index in [1.165, 1.54) is 78.7 Å². The van der Waals surface area contributed by atoms with Crippen LogP contribution in [-0.4, -0.2) is 163 Å². The van der Waals surface area contributed by atoms with Crippen molar-refractivity contribution in [3.63, 3.8) is 0 Å². The van der Waals surface area contributed by atoms with Crippen LogP contribution in [0.2, 0.25) is 0 Å². The number of aromatic nitrogens is 3. The summed E-state index contributed by atoms with van der Waals surface area (Å²) in [5.74, 6) is 2.81. The summed E-state index contributed by atoms with van der Waals surface area (Å²) in [7, 11) is -2.40. The van der Waals surface area contributed by atoms with Crippen molar-refractivity contribution < 1.29 is 95.3 Å². The predicted molar refractivity (Wildman–Crippen MR) is 393 cm³/mol. The van der Waals surface area contributed by atoms with Crippen LogP contribution < -0.4 is 18.9 Å². The maximum absolute atomic E-state index is 12.4. The Hall–Kier alpha value is -3.41. The molecule has 27 heteroatoms. The molecule has 0 bridgehead atoms. The Kier molecular flexibility index (Phi) is 31.0. The average Bonchev–Trinajstić information content (AvgIpc) is 1.67. The van der Waals surface area contributed by atoms with Gasteiger partial charge in [0, 0.05) is 49.2 Å². The summed E-state index contributed by atoms with van der Waals surface area (Å²) in [5, 5.41) is 27.5. The number of aliphatic hydroxyl groups excluding tert-OH is 1. The number of ketones is 1. The molecule has 1 atom stereocenters. The summed E-state index contributed by atoms with van der Waals surface area (Å²) in [5.41, 5.74) is 2.57. The van der Waals surface area contributed by atoms with Crippen molar-refractivity contribution in [2.45, 2.75) is 208 Å². The molecule has 100 heavy (non-hydrogen) atoms. The number of carbonyl (C=O) groups excluding carboxylic acids is 4. The van der Waals surface area contributed by atoms with E-state index < -0.39 is 30.9 Å². The molecule has 3 aromatic carbocycles. The summed E-state index contributed by atoms with van der Waals surface area (Å²) in [4.78, 5) is 55.7. The summed E-state index contributed by atoms with van der Waals surface area (Å²) in [6, 6.07) is 23.4. The van der Waals surface area contributed by atoms with Crippen LogP contribution in [0.1, 0.15) is 173 Å². The van der Waals surface area contributed by atoms with Gasteiger partial charge in [0.2, 0.25) is 28.4 Å². The molecule has 7 aliphatic carbocycles. The molecule has 7 saturated carbocycles. The van der Waals surface area contributed by atoms with E-state index in [-0.39, 0.29) is 117 Å². The minimum atomic E-state index is -3.34. The zero-order valence-electron chi connectivity index (χ0n) is 61.6. The Balaban J connectivity index is 0.000000219. The Morgan fingerprint density at radius 2 is 0.950 bits per heavy atom. The number of rotatable bonds is 15. The Bertz CT molecular complexity index is 3620. The Labute approximate surface area is 632 Å². The Morgan fingerprint density at radius 3 is 1.32 bits per heavy atom. The SMILES string of the molecule is CC1(C)CC(CO)C1.CC1(C)CC(CS(=O)(=O)c2nc3ccccc3s2)C1.CC1(O)CC(CS(=O)(=O)c2nc3ccccc3s2)C1.CC1(OC2CCCCO2)CC(CSc2nc3ccccc3s2)C1.COC(=O)C1CC(=O)C1.COC(=O)C1CC(C)(C)C1.COC(=O)C1CC(C)(O)C1.[Al].[H-].[Li+]. The first kappa shape index (κ1) is 85.5. The molecule has 1 saturated heterocycles. The molecule has 8 fully saturated rings. The second-order valence-corrected chi connectivity index (χ2v) is 40.0. The van der Waals surface area contributed by atoms with Crippen molar-refractivity contribution in [3.05, 3.63) is 72.8 Å². The van der Waals surface area contributed by atoms with Crippen molar-refractivity contribution in [2.24, 2.45) is 57.7 Å². The largest absolute Gasteiger partial charge is 1.00 e. The summed E-state index contributed by atoms with van der Waals surface area (Å²) in [6.45, 7) is 20.2. The molecule has 3 N–H and O–H groups in total. The number of nitrogens with zero attached hydrogens (tertiary/aromatic N) is 3. The van der Waals surface area contributed by atoms with Crippen molar-refractivity contribution in [1.29, 1.82) is 0 Å². The number of esters is 3. The summed E-state index contributed by atoms with van der Waals surface area (Å²) >= 11 is 6.20. The summed E-state index contributed by atoms with van der Waals surface area (Å²) in [6.07, 6.45) is 15.1. The van der Waals surface area contributed by atoms with Crippen molar-refractivity contribution >= 4 is 137 Å². The number of methoxy groups -OCH3 is 3. The van der Waals surface area contributed by atoms with E-state index in [4.69, 9.17) is 19.6 Å². The maximum Gasteiger partial charge on any atom is 1.00 e. The van der Waals surface area contributed by atoms with Crippen LogP contribution in [0.4, 0.5) is 0 Å². The van der Waals surface area contributed by atoms with E-state index in [1.807, 2.05) is 60.3 Å². The minimum absolute atomic E-state index is 0. The van der Waals surface area contributed by atoms with Gasteiger partial charge in [-0.05, 0) is 193 Å². The number of sulfone groups is 2. The van der Waals surface area contributed by atoms with Crippen LogP contribution >= 0.6 is 45.8 Å². The van der Waals surface area contributed by atoms with Gasteiger partial charge in [-0.15, -0.1) is 34.0 Å². The summed E-state index contributed by atoms with van der Waals surface area (Å²) < 4.78 is 79.5. The number of aliphatic hydroxyl groups is 3. The van der Waals surface area contributed by atoms with Gasteiger partial charge in [-0.3, -0.25) is 19.2 Å². The first-order valence-electron chi connectivity index (χ1n) is 34.1. The van der Waals surface area contributed by atoms with Gasteiger partial charge in [-0.2, -0.15) is 0 Å². The molecule has 0 amide bonds. The molecule has 4 heterocycles. The molecular formula is C73H104AlLiN3O16S6. The van der Waals surface area contributed by atoms with Crippen LogP contribution in [0, 0.1) is 57.7 Å². The molecule has 1 aliphatic heterocycles. The minimum Gasteiger partial charge on any atom is -1.00 e. The van der Waals surface area contributed by atoms with Gasteiger partial charge in [-0.1, -0.05) is 89.7 Å². The van der Waals surface area contributed by atoms with Gasteiger partial charge >= 0.3 is 36.8 Å².